The molecular weight excluding hydrogens is 364 g/mol. The van der Waals surface area contributed by atoms with Crippen LogP contribution in [-0.4, -0.2) is 38.7 Å². The van der Waals surface area contributed by atoms with Crippen molar-refractivity contribution in [3.8, 4) is 0 Å². The average Bonchev–Trinajstić information content (AvgIpc) is 3.07. The van der Waals surface area contributed by atoms with Crippen LogP contribution in [-0.2, 0) is 6.54 Å². The van der Waals surface area contributed by atoms with Crippen molar-refractivity contribution < 1.29 is 18.9 Å². The Hall–Kier alpha value is -3.23. The molecule has 2 amide bonds. The van der Waals surface area contributed by atoms with Crippen molar-refractivity contribution in [2.24, 2.45) is 0 Å². The van der Waals surface area contributed by atoms with Crippen LogP contribution < -0.4 is 5.32 Å². The summed E-state index contributed by atoms with van der Waals surface area (Å²) in [5, 5.41) is 13.9. The van der Waals surface area contributed by atoms with E-state index in [-0.39, 0.29) is 53.3 Å². The fourth-order valence-electron chi connectivity index (χ4n) is 2.56. The molecule has 1 aromatic heterocycles. The SMILES string of the molecule is Cc1ccc(C(=O)N(Cc2nc(C(=O)NC(C)C)co2)C(C)C)cc1[N+](=O)[O-]. The molecule has 0 saturated heterocycles. The first-order chi connectivity index (χ1) is 13.1. The van der Waals surface area contributed by atoms with Gasteiger partial charge in [0.25, 0.3) is 17.5 Å². The maximum atomic E-state index is 12.9. The molecule has 0 atom stereocenters. The number of benzene rings is 1. The van der Waals surface area contributed by atoms with Crippen molar-refractivity contribution in [1.29, 1.82) is 0 Å². The summed E-state index contributed by atoms with van der Waals surface area (Å²) in [7, 11) is 0. The highest BCUT2D eigenvalue weighted by Crippen LogP contribution is 2.21. The number of nitrogens with zero attached hydrogens (tertiary/aromatic N) is 3. The highest BCUT2D eigenvalue weighted by atomic mass is 16.6. The van der Waals surface area contributed by atoms with Crippen molar-refractivity contribution in [3.05, 3.63) is 57.3 Å². The lowest BCUT2D eigenvalue weighted by Gasteiger charge is -2.25. The fraction of sp³-hybridized carbons (Fsp3) is 0.421. The maximum absolute atomic E-state index is 12.9. The molecule has 28 heavy (non-hydrogen) atoms. The summed E-state index contributed by atoms with van der Waals surface area (Å²) >= 11 is 0. The monoisotopic (exact) mass is 388 g/mol. The third-order valence-electron chi connectivity index (χ3n) is 4.05. The largest absolute Gasteiger partial charge is 0.446 e. The molecule has 1 heterocycles. The first kappa shape index (κ1) is 21.1. The molecular formula is C19H24N4O5. The highest BCUT2D eigenvalue weighted by molar-refractivity contribution is 5.95. The minimum absolute atomic E-state index is 0.0349. The molecule has 9 nitrogen and oxygen atoms in total. The number of oxazole rings is 1. The molecule has 150 valence electrons. The first-order valence-corrected chi connectivity index (χ1v) is 8.91. The normalized spacial score (nSPS) is 11.0. The molecule has 0 aliphatic rings. The van der Waals surface area contributed by atoms with Gasteiger partial charge in [0.15, 0.2) is 5.69 Å². The van der Waals surface area contributed by atoms with E-state index in [0.29, 0.717) is 5.56 Å². The van der Waals surface area contributed by atoms with E-state index in [2.05, 4.69) is 10.3 Å². The van der Waals surface area contributed by atoms with Crippen LogP contribution in [0.5, 0.6) is 0 Å². The molecule has 0 radical (unpaired) electrons. The van der Waals surface area contributed by atoms with Gasteiger partial charge in [0.1, 0.15) is 6.26 Å². The molecule has 2 aromatic rings. The third kappa shape index (κ3) is 4.93. The van der Waals surface area contributed by atoms with E-state index in [1.165, 1.54) is 17.2 Å². The predicted molar refractivity (Wildman–Crippen MR) is 102 cm³/mol. The Balaban J connectivity index is 2.23. The Morgan fingerprint density at radius 3 is 2.54 bits per heavy atom. The summed E-state index contributed by atoms with van der Waals surface area (Å²) in [5.41, 5.74) is 0.700. The van der Waals surface area contributed by atoms with E-state index in [0.717, 1.165) is 0 Å². The topological polar surface area (TPSA) is 119 Å². The molecule has 0 aliphatic heterocycles. The van der Waals surface area contributed by atoms with Crippen LogP contribution >= 0.6 is 0 Å². The van der Waals surface area contributed by atoms with Gasteiger partial charge in [-0.2, -0.15) is 0 Å². The van der Waals surface area contributed by atoms with Crippen molar-refractivity contribution in [3.63, 3.8) is 0 Å². The molecule has 0 unspecified atom stereocenters. The van der Waals surface area contributed by atoms with Gasteiger partial charge in [-0.15, -0.1) is 0 Å². The predicted octanol–water partition coefficient (Wildman–Crippen LogP) is 3.08. The Bertz CT molecular complexity index is 888. The number of nitrogens with one attached hydrogen (secondary N) is 1. The van der Waals surface area contributed by atoms with Crippen LogP contribution in [0.3, 0.4) is 0 Å². The van der Waals surface area contributed by atoms with E-state index in [4.69, 9.17) is 4.42 Å². The number of rotatable bonds is 7. The Morgan fingerprint density at radius 1 is 1.29 bits per heavy atom. The van der Waals surface area contributed by atoms with E-state index < -0.39 is 4.92 Å². The summed E-state index contributed by atoms with van der Waals surface area (Å²) in [4.78, 5) is 41.2. The lowest BCUT2D eigenvalue weighted by molar-refractivity contribution is -0.385. The molecule has 2 rings (SSSR count). The average molecular weight is 388 g/mol. The van der Waals surface area contributed by atoms with E-state index in [9.17, 15) is 19.7 Å². The molecule has 0 saturated carbocycles. The lowest BCUT2D eigenvalue weighted by atomic mass is 10.1. The lowest BCUT2D eigenvalue weighted by Crippen LogP contribution is -2.36. The summed E-state index contributed by atoms with van der Waals surface area (Å²) < 4.78 is 5.34. The van der Waals surface area contributed by atoms with E-state index in [1.807, 2.05) is 27.7 Å². The van der Waals surface area contributed by atoms with Gasteiger partial charge in [-0.05, 0) is 40.7 Å². The van der Waals surface area contributed by atoms with Gasteiger partial charge >= 0.3 is 0 Å². The maximum Gasteiger partial charge on any atom is 0.273 e. The second-order valence-electron chi connectivity index (χ2n) is 7.04. The number of hydrogen-bond donors (Lipinski definition) is 1. The minimum atomic E-state index is -0.514. The summed E-state index contributed by atoms with van der Waals surface area (Å²) in [6, 6.07) is 4.11. The summed E-state index contributed by atoms with van der Waals surface area (Å²) in [6.07, 6.45) is 1.24. The zero-order valence-corrected chi connectivity index (χ0v) is 16.6. The van der Waals surface area contributed by atoms with Gasteiger partial charge in [0.2, 0.25) is 5.89 Å². The number of amides is 2. The number of carbonyl (C=O) groups is 2. The van der Waals surface area contributed by atoms with E-state index in [1.54, 1.807) is 19.1 Å². The number of hydrogen-bond acceptors (Lipinski definition) is 6. The van der Waals surface area contributed by atoms with Crippen LogP contribution in [0, 0.1) is 17.0 Å². The number of aromatic nitrogens is 1. The fourth-order valence-corrected chi connectivity index (χ4v) is 2.56. The quantitative estimate of drug-likeness (QED) is 0.575. The van der Waals surface area contributed by atoms with Crippen molar-refractivity contribution in [2.75, 3.05) is 0 Å². The zero-order chi connectivity index (χ0) is 21.0. The number of nitro benzene ring substituents is 1. The minimum Gasteiger partial charge on any atom is -0.446 e. The molecule has 0 aliphatic carbocycles. The first-order valence-electron chi connectivity index (χ1n) is 8.91. The molecule has 9 heteroatoms. The molecule has 1 N–H and O–H groups in total. The van der Waals surface area contributed by atoms with Gasteiger partial charge in [-0.25, -0.2) is 4.98 Å². The van der Waals surface area contributed by atoms with Gasteiger partial charge in [0.05, 0.1) is 11.5 Å². The van der Waals surface area contributed by atoms with Crippen molar-refractivity contribution >= 4 is 17.5 Å². The van der Waals surface area contributed by atoms with Crippen molar-refractivity contribution in [1.82, 2.24) is 15.2 Å². The second-order valence-corrected chi connectivity index (χ2v) is 7.04. The Morgan fingerprint density at radius 2 is 1.96 bits per heavy atom. The molecule has 1 aromatic carbocycles. The van der Waals surface area contributed by atoms with Crippen LogP contribution in [0.1, 0.15) is 60.0 Å². The Labute approximate surface area is 162 Å². The van der Waals surface area contributed by atoms with Crippen molar-refractivity contribution in [2.45, 2.75) is 53.2 Å². The van der Waals surface area contributed by atoms with Gasteiger partial charge < -0.3 is 14.6 Å². The third-order valence-corrected chi connectivity index (χ3v) is 4.05. The van der Waals surface area contributed by atoms with Crippen LogP contribution in [0.2, 0.25) is 0 Å². The molecule has 0 bridgehead atoms. The van der Waals surface area contributed by atoms with Crippen LogP contribution in [0.25, 0.3) is 0 Å². The summed E-state index contributed by atoms with van der Waals surface area (Å²) in [6.45, 7) is 8.94. The van der Waals surface area contributed by atoms with Gasteiger partial charge in [-0.3, -0.25) is 19.7 Å². The van der Waals surface area contributed by atoms with Gasteiger partial charge in [0, 0.05) is 29.3 Å². The molecule has 0 fully saturated rings. The summed E-state index contributed by atoms with van der Waals surface area (Å²) in [5.74, 6) is -0.538. The second kappa shape index (κ2) is 8.64. The smallest absolute Gasteiger partial charge is 0.273 e. The number of aryl methyl sites for hydroxylation is 1. The molecule has 0 spiro atoms. The number of nitro groups is 1. The standard InChI is InChI=1S/C19H24N4O5/c1-11(2)20-18(24)15-10-28-17(21-15)9-22(12(3)4)19(25)14-7-6-13(5)16(8-14)23(26)27/h6-8,10-12H,9H2,1-5H3,(H,20,24). The van der Waals surface area contributed by atoms with Gasteiger partial charge in [-0.1, -0.05) is 6.07 Å². The number of carbonyl (C=O) groups excluding carboxylic acids is 2. The van der Waals surface area contributed by atoms with Crippen LogP contribution in [0.4, 0.5) is 5.69 Å². The van der Waals surface area contributed by atoms with Crippen LogP contribution in [0.15, 0.2) is 28.9 Å². The Kier molecular flexibility index (Phi) is 6.50. The highest BCUT2D eigenvalue weighted by Gasteiger charge is 2.24. The van der Waals surface area contributed by atoms with E-state index >= 15 is 0 Å². The zero-order valence-electron chi connectivity index (χ0n) is 16.6.